The standard InChI is InChI=1S/C19H20N6OS/c26-19(15-5-7-17(8-6-15)25-14-20-22-23-25)21-18-4-2-1-3-16(18)13-24-9-11-27-12-10-24/h1-8,14H,9-13H2,(H,21,26). The Balaban J connectivity index is 1.46. The fraction of sp³-hybridized carbons (Fsp3) is 0.263. The summed E-state index contributed by atoms with van der Waals surface area (Å²) in [6, 6.07) is 15.2. The Labute approximate surface area is 161 Å². The Morgan fingerprint density at radius 3 is 2.59 bits per heavy atom. The molecule has 0 bridgehead atoms. The first-order chi connectivity index (χ1) is 13.3. The van der Waals surface area contributed by atoms with Crippen LogP contribution < -0.4 is 5.32 Å². The summed E-state index contributed by atoms with van der Waals surface area (Å²) in [5.41, 5.74) is 3.41. The van der Waals surface area contributed by atoms with Gasteiger partial charge in [0, 0.05) is 42.4 Å². The monoisotopic (exact) mass is 380 g/mol. The van der Waals surface area contributed by atoms with E-state index in [4.69, 9.17) is 0 Å². The third-order valence-electron chi connectivity index (χ3n) is 4.51. The molecule has 27 heavy (non-hydrogen) atoms. The molecule has 3 aromatic rings. The van der Waals surface area contributed by atoms with Crippen LogP contribution in [0.3, 0.4) is 0 Å². The molecule has 1 aromatic heterocycles. The molecule has 0 spiro atoms. The van der Waals surface area contributed by atoms with Gasteiger partial charge in [0.2, 0.25) is 0 Å². The van der Waals surface area contributed by atoms with Gasteiger partial charge in [-0.25, -0.2) is 4.68 Å². The maximum absolute atomic E-state index is 12.7. The topological polar surface area (TPSA) is 75.9 Å². The van der Waals surface area contributed by atoms with Gasteiger partial charge in [-0.2, -0.15) is 11.8 Å². The highest BCUT2D eigenvalue weighted by atomic mass is 32.2. The molecular formula is C19H20N6OS. The number of benzene rings is 2. The number of carbonyl (C=O) groups excluding carboxylic acids is 1. The van der Waals surface area contributed by atoms with Gasteiger partial charge < -0.3 is 5.32 Å². The minimum absolute atomic E-state index is 0.125. The van der Waals surface area contributed by atoms with Crippen molar-refractivity contribution in [2.24, 2.45) is 0 Å². The molecule has 138 valence electrons. The summed E-state index contributed by atoms with van der Waals surface area (Å²) in [7, 11) is 0. The maximum atomic E-state index is 12.7. The minimum atomic E-state index is -0.125. The molecule has 0 unspecified atom stereocenters. The summed E-state index contributed by atoms with van der Waals surface area (Å²) < 4.78 is 1.55. The molecule has 2 heterocycles. The van der Waals surface area contributed by atoms with Gasteiger partial charge in [0.15, 0.2) is 0 Å². The zero-order chi connectivity index (χ0) is 18.5. The Morgan fingerprint density at radius 1 is 1.07 bits per heavy atom. The van der Waals surface area contributed by atoms with E-state index in [1.54, 1.807) is 16.8 Å². The van der Waals surface area contributed by atoms with E-state index >= 15 is 0 Å². The van der Waals surface area contributed by atoms with Gasteiger partial charge in [-0.1, -0.05) is 18.2 Å². The van der Waals surface area contributed by atoms with Crippen molar-refractivity contribution in [3.8, 4) is 5.69 Å². The average Bonchev–Trinajstić information content (AvgIpc) is 3.25. The number of hydrogen-bond acceptors (Lipinski definition) is 6. The van der Waals surface area contributed by atoms with Crippen molar-refractivity contribution in [3.63, 3.8) is 0 Å². The van der Waals surface area contributed by atoms with Gasteiger partial charge in [0.1, 0.15) is 6.33 Å². The number of nitrogens with one attached hydrogen (secondary N) is 1. The van der Waals surface area contributed by atoms with Crippen LogP contribution in [0.5, 0.6) is 0 Å². The SMILES string of the molecule is O=C(Nc1ccccc1CN1CCSCC1)c1ccc(-n2cnnn2)cc1. The Bertz CT molecular complexity index is 891. The quantitative estimate of drug-likeness (QED) is 0.733. The van der Waals surface area contributed by atoms with E-state index in [0.29, 0.717) is 5.56 Å². The summed E-state index contributed by atoms with van der Waals surface area (Å²) in [6.07, 6.45) is 1.52. The third-order valence-corrected chi connectivity index (χ3v) is 5.45. The van der Waals surface area contributed by atoms with E-state index < -0.39 is 0 Å². The summed E-state index contributed by atoms with van der Waals surface area (Å²) >= 11 is 2.00. The lowest BCUT2D eigenvalue weighted by Crippen LogP contribution is -2.32. The summed E-state index contributed by atoms with van der Waals surface area (Å²) in [5.74, 6) is 2.21. The van der Waals surface area contributed by atoms with Crippen LogP contribution in [0.15, 0.2) is 54.9 Å². The highest BCUT2D eigenvalue weighted by molar-refractivity contribution is 7.99. The number of anilines is 1. The van der Waals surface area contributed by atoms with Crippen LogP contribution in [-0.4, -0.2) is 55.6 Å². The second-order valence-corrected chi connectivity index (χ2v) is 7.53. The molecule has 1 aliphatic heterocycles. The number of rotatable bonds is 5. The molecule has 1 aliphatic rings. The van der Waals surface area contributed by atoms with E-state index in [2.05, 4.69) is 31.8 Å². The molecule has 1 N–H and O–H groups in total. The fourth-order valence-electron chi connectivity index (χ4n) is 3.02. The second kappa shape index (κ2) is 8.32. The molecular weight excluding hydrogens is 360 g/mol. The van der Waals surface area contributed by atoms with Gasteiger partial charge in [-0.3, -0.25) is 9.69 Å². The highest BCUT2D eigenvalue weighted by Gasteiger charge is 2.14. The van der Waals surface area contributed by atoms with E-state index in [-0.39, 0.29) is 5.91 Å². The Morgan fingerprint density at radius 2 is 1.85 bits per heavy atom. The number of carbonyl (C=O) groups is 1. The van der Waals surface area contributed by atoms with E-state index in [1.165, 1.54) is 17.8 Å². The van der Waals surface area contributed by atoms with Gasteiger partial charge in [0.25, 0.3) is 5.91 Å². The van der Waals surface area contributed by atoms with Crippen LogP contribution >= 0.6 is 11.8 Å². The maximum Gasteiger partial charge on any atom is 0.255 e. The van der Waals surface area contributed by atoms with E-state index in [1.807, 2.05) is 42.1 Å². The third kappa shape index (κ3) is 4.35. The van der Waals surface area contributed by atoms with Crippen molar-refractivity contribution in [1.82, 2.24) is 25.1 Å². The zero-order valence-electron chi connectivity index (χ0n) is 14.8. The largest absolute Gasteiger partial charge is 0.322 e. The Kier molecular flexibility index (Phi) is 5.45. The van der Waals surface area contributed by atoms with Crippen molar-refractivity contribution in [3.05, 3.63) is 66.0 Å². The lowest BCUT2D eigenvalue weighted by atomic mass is 10.1. The molecule has 1 saturated heterocycles. The first-order valence-corrected chi connectivity index (χ1v) is 9.98. The number of thioether (sulfide) groups is 1. The number of para-hydroxylation sites is 1. The van der Waals surface area contributed by atoms with Crippen LogP contribution in [0, 0.1) is 0 Å². The van der Waals surface area contributed by atoms with E-state index in [0.717, 1.165) is 36.6 Å². The Hall–Kier alpha value is -2.71. The minimum Gasteiger partial charge on any atom is -0.322 e. The van der Waals surface area contributed by atoms with Gasteiger partial charge >= 0.3 is 0 Å². The lowest BCUT2D eigenvalue weighted by Gasteiger charge is -2.27. The van der Waals surface area contributed by atoms with Gasteiger partial charge in [-0.05, 0) is 46.3 Å². The second-order valence-electron chi connectivity index (χ2n) is 6.30. The van der Waals surface area contributed by atoms with Crippen molar-refractivity contribution >= 4 is 23.4 Å². The van der Waals surface area contributed by atoms with Crippen LogP contribution in [0.4, 0.5) is 5.69 Å². The number of tetrazole rings is 1. The van der Waals surface area contributed by atoms with Crippen molar-refractivity contribution < 1.29 is 4.79 Å². The summed E-state index contributed by atoms with van der Waals surface area (Å²) in [4.78, 5) is 15.1. The van der Waals surface area contributed by atoms with Crippen LogP contribution in [0.25, 0.3) is 5.69 Å². The van der Waals surface area contributed by atoms with Crippen LogP contribution in [-0.2, 0) is 6.54 Å². The van der Waals surface area contributed by atoms with Crippen LogP contribution in [0.2, 0.25) is 0 Å². The number of hydrogen-bond donors (Lipinski definition) is 1. The van der Waals surface area contributed by atoms with Crippen molar-refractivity contribution in [2.75, 3.05) is 29.9 Å². The summed E-state index contributed by atoms with van der Waals surface area (Å²) in [6.45, 7) is 3.03. The number of aromatic nitrogens is 4. The molecule has 1 fully saturated rings. The smallest absolute Gasteiger partial charge is 0.255 e. The first-order valence-electron chi connectivity index (χ1n) is 8.82. The zero-order valence-corrected chi connectivity index (χ0v) is 15.6. The van der Waals surface area contributed by atoms with Crippen LogP contribution in [0.1, 0.15) is 15.9 Å². The molecule has 0 aliphatic carbocycles. The molecule has 8 heteroatoms. The van der Waals surface area contributed by atoms with E-state index in [9.17, 15) is 4.79 Å². The predicted octanol–water partition coefficient (Wildman–Crippen LogP) is 2.46. The number of amides is 1. The number of nitrogens with zero attached hydrogens (tertiary/aromatic N) is 5. The van der Waals surface area contributed by atoms with Gasteiger partial charge in [0.05, 0.1) is 5.69 Å². The molecule has 0 saturated carbocycles. The molecule has 0 radical (unpaired) electrons. The van der Waals surface area contributed by atoms with Crippen molar-refractivity contribution in [2.45, 2.75) is 6.54 Å². The molecule has 1 amide bonds. The van der Waals surface area contributed by atoms with Crippen molar-refractivity contribution in [1.29, 1.82) is 0 Å². The molecule has 7 nitrogen and oxygen atoms in total. The average molecular weight is 380 g/mol. The summed E-state index contributed by atoms with van der Waals surface area (Å²) in [5, 5.41) is 14.1. The predicted molar refractivity (Wildman–Crippen MR) is 106 cm³/mol. The highest BCUT2D eigenvalue weighted by Crippen LogP contribution is 2.20. The molecule has 0 atom stereocenters. The first kappa shape index (κ1) is 17.7. The molecule has 4 rings (SSSR count). The molecule has 2 aromatic carbocycles. The normalized spacial score (nSPS) is 14.8. The fourth-order valence-corrected chi connectivity index (χ4v) is 4.00. The van der Waals surface area contributed by atoms with Gasteiger partial charge in [-0.15, -0.1) is 5.10 Å². The lowest BCUT2D eigenvalue weighted by molar-refractivity contribution is 0.102.